The van der Waals surface area contributed by atoms with Crippen molar-refractivity contribution in [2.24, 2.45) is 17.4 Å². The number of thiocarbonyl (C=S) groups is 1. The Morgan fingerprint density at radius 2 is 2.17 bits per heavy atom. The van der Waals surface area contributed by atoms with Gasteiger partial charge in [0.05, 0.1) is 18.3 Å². The summed E-state index contributed by atoms with van der Waals surface area (Å²) in [7, 11) is 0. The first kappa shape index (κ1) is 14.3. The first-order valence-corrected chi connectivity index (χ1v) is 5.97. The van der Waals surface area contributed by atoms with E-state index < -0.39 is 5.91 Å². The molecule has 1 heterocycles. The molecule has 0 aromatic carbocycles. The standard InChI is InChI=1S/C11H17N5OS/c1-7(2)5-16(6-9(12)17)11-8(10(13)18)3-4-14-15-11/h3-4,7H,5-6H2,1-2H3,(H2,12,17)(H2,13,18). The molecule has 1 aromatic heterocycles. The van der Waals surface area contributed by atoms with Gasteiger partial charge in [0.15, 0.2) is 5.82 Å². The van der Waals surface area contributed by atoms with E-state index in [4.69, 9.17) is 23.7 Å². The highest BCUT2D eigenvalue weighted by atomic mass is 32.1. The van der Waals surface area contributed by atoms with Crippen LogP contribution in [0.4, 0.5) is 5.82 Å². The summed E-state index contributed by atoms with van der Waals surface area (Å²) in [4.78, 5) is 13.1. The molecule has 1 amide bonds. The van der Waals surface area contributed by atoms with Gasteiger partial charge in [-0.15, -0.1) is 5.10 Å². The van der Waals surface area contributed by atoms with Crippen LogP contribution >= 0.6 is 12.2 Å². The second kappa shape index (κ2) is 6.25. The van der Waals surface area contributed by atoms with Crippen molar-refractivity contribution < 1.29 is 4.79 Å². The minimum atomic E-state index is -0.435. The smallest absolute Gasteiger partial charge is 0.237 e. The van der Waals surface area contributed by atoms with Gasteiger partial charge in [0.2, 0.25) is 5.91 Å². The van der Waals surface area contributed by atoms with Gasteiger partial charge in [-0.25, -0.2) is 0 Å². The molecule has 0 aliphatic carbocycles. The summed E-state index contributed by atoms with van der Waals surface area (Å²) in [6.07, 6.45) is 1.51. The number of rotatable bonds is 6. The lowest BCUT2D eigenvalue weighted by Crippen LogP contribution is -2.38. The van der Waals surface area contributed by atoms with Crippen molar-refractivity contribution in [3.63, 3.8) is 0 Å². The molecule has 0 saturated heterocycles. The number of anilines is 1. The van der Waals surface area contributed by atoms with Gasteiger partial charge in [-0.1, -0.05) is 26.1 Å². The van der Waals surface area contributed by atoms with Crippen LogP contribution in [0.2, 0.25) is 0 Å². The van der Waals surface area contributed by atoms with E-state index in [2.05, 4.69) is 10.2 Å². The van der Waals surface area contributed by atoms with E-state index in [-0.39, 0.29) is 11.5 Å². The number of carbonyl (C=O) groups is 1. The van der Waals surface area contributed by atoms with Gasteiger partial charge < -0.3 is 16.4 Å². The molecular weight excluding hydrogens is 250 g/mol. The van der Waals surface area contributed by atoms with Crippen LogP contribution in [-0.2, 0) is 4.79 Å². The Morgan fingerprint density at radius 1 is 1.50 bits per heavy atom. The van der Waals surface area contributed by atoms with Crippen LogP contribution in [0.25, 0.3) is 0 Å². The molecule has 4 N–H and O–H groups in total. The summed E-state index contributed by atoms with van der Waals surface area (Å²) < 4.78 is 0. The highest BCUT2D eigenvalue weighted by molar-refractivity contribution is 7.80. The summed E-state index contributed by atoms with van der Waals surface area (Å²) in [6.45, 7) is 4.75. The third kappa shape index (κ3) is 3.92. The Labute approximate surface area is 111 Å². The lowest BCUT2D eigenvalue weighted by atomic mass is 10.2. The van der Waals surface area contributed by atoms with E-state index in [1.54, 1.807) is 11.0 Å². The highest BCUT2D eigenvalue weighted by Crippen LogP contribution is 2.17. The minimum Gasteiger partial charge on any atom is -0.389 e. The fourth-order valence-electron chi connectivity index (χ4n) is 1.60. The van der Waals surface area contributed by atoms with Gasteiger partial charge in [-0.05, 0) is 12.0 Å². The zero-order valence-corrected chi connectivity index (χ0v) is 11.3. The van der Waals surface area contributed by atoms with Gasteiger partial charge in [0.1, 0.15) is 4.99 Å². The molecular formula is C11H17N5OS. The maximum Gasteiger partial charge on any atom is 0.237 e. The van der Waals surface area contributed by atoms with Crippen LogP contribution in [0, 0.1) is 5.92 Å². The summed E-state index contributed by atoms with van der Waals surface area (Å²) in [6, 6.07) is 1.68. The zero-order valence-electron chi connectivity index (χ0n) is 10.5. The summed E-state index contributed by atoms with van der Waals surface area (Å²) in [5.74, 6) is 0.401. The van der Waals surface area contributed by atoms with Crippen molar-refractivity contribution in [1.29, 1.82) is 0 Å². The number of hydrogen-bond donors (Lipinski definition) is 2. The molecule has 0 saturated carbocycles. The van der Waals surface area contributed by atoms with E-state index in [1.165, 1.54) is 6.20 Å². The fourth-order valence-corrected chi connectivity index (χ4v) is 1.76. The van der Waals surface area contributed by atoms with Crippen molar-refractivity contribution >= 4 is 28.9 Å². The SMILES string of the molecule is CC(C)CN(CC(N)=O)c1nnccc1C(N)=S. The van der Waals surface area contributed by atoms with Crippen LogP contribution in [0.1, 0.15) is 19.4 Å². The van der Waals surface area contributed by atoms with Crippen LogP contribution in [-0.4, -0.2) is 34.2 Å². The number of amides is 1. The molecule has 0 aliphatic heterocycles. The Kier molecular flexibility index (Phi) is 4.96. The summed E-state index contributed by atoms with van der Waals surface area (Å²) >= 11 is 4.96. The highest BCUT2D eigenvalue weighted by Gasteiger charge is 2.17. The first-order chi connectivity index (χ1) is 8.41. The summed E-state index contributed by atoms with van der Waals surface area (Å²) in [5.41, 5.74) is 11.5. The summed E-state index contributed by atoms with van der Waals surface area (Å²) in [5, 5.41) is 7.81. The minimum absolute atomic E-state index is 0.0620. The molecule has 0 radical (unpaired) electrons. The van der Waals surface area contributed by atoms with Gasteiger partial charge in [-0.3, -0.25) is 4.79 Å². The number of carbonyl (C=O) groups excluding carboxylic acids is 1. The lowest BCUT2D eigenvalue weighted by molar-refractivity contribution is -0.116. The van der Waals surface area contributed by atoms with Crippen molar-refractivity contribution in [3.8, 4) is 0 Å². The van der Waals surface area contributed by atoms with Crippen LogP contribution in [0.15, 0.2) is 12.3 Å². The van der Waals surface area contributed by atoms with Crippen molar-refractivity contribution in [2.75, 3.05) is 18.0 Å². The molecule has 0 atom stereocenters. The number of nitrogens with two attached hydrogens (primary N) is 2. The molecule has 1 rings (SSSR count). The maximum absolute atomic E-state index is 11.1. The van der Waals surface area contributed by atoms with Crippen molar-refractivity contribution in [3.05, 3.63) is 17.8 Å². The molecule has 0 unspecified atom stereocenters. The fraction of sp³-hybridized carbons (Fsp3) is 0.455. The number of hydrogen-bond acceptors (Lipinski definition) is 5. The topological polar surface area (TPSA) is 98.1 Å². The maximum atomic E-state index is 11.1. The lowest BCUT2D eigenvalue weighted by Gasteiger charge is -2.25. The molecule has 0 spiro atoms. The van der Waals surface area contributed by atoms with Gasteiger partial charge in [0.25, 0.3) is 0 Å². The van der Waals surface area contributed by atoms with E-state index in [1.807, 2.05) is 13.8 Å². The Hall–Kier alpha value is -1.76. The van der Waals surface area contributed by atoms with Gasteiger partial charge >= 0.3 is 0 Å². The average Bonchev–Trinajstić information content (AvgIpc) is 2.26. The van der Waals surface area contributed by atoms with Gasteiger partial charge in [0, 0.05) is 6.54 Å². The van der Waals surface area contributed by atoms with Crippen LogP contribution in [0.3, 0.4) is 0 Å². The quantitative estimate of drug-likeness (QED) is 0.707. The molecule has 7 heteroatoms. The predicted octanol–water partition coefficient (Wildman–Crippen LogP) is 0.0585. The Balaban J connectivity index is 3.11. The van der Waals surface area contributed by atoms with Gasteiger partial charge in [-0.2, -0.15) is 5.10 Å². The van der Waals surface area contributed by atoms with Crippen molar-refractivity contribution in [1.82, 2.24) is 10.2 Å². The second-order valence-corrected chi connectivity index (χ2v) is 4.81. The van der Waals surface area contributed by atoms with Crippen molar-refractivity contribution in [2.45, 2.75) is 13.8 Å². The Morgan fingerprint density at radius 3 is 2.67 bits per heavy atom. The molecule has 0 fully saturated rings. The third-order valence-corrected chi connectivity index (χ3v) is 2.42. The van der Waals surface area contributed by atoms with E-state index in [0.717, 1.165) is 0 Å². The average molecular weight is 267 g/mol. The zero-order chi connectivity index (χ0) is 13.7. The molecule has 0 aliphatic rings. The number of primary amides is 1. The second-order valence-electron chi connectivity index (χ2n) is 4.37. The normalized spacial score (nSPS) is 10.4. The van der Waals surface area contributed by atoms with E-state index in [9.17, 15) is 4.79 Å². The Bertz CT molecular complexity index is 449. The van der Waals surface area contributed by atoms with Crippen LogP contribution in [0.5, 0.6) is 0 Å². The predicted molar refractivity (Wildman–Crippen MR) is 74.2 cm³/mol. The molecule has 1 aromatic rings. The third-order valence-electron chi connectivity index (χ3n) is 2.20. The largest absolute Gasteiger partial charge is 0.389 e. The molecule has 0 bridgehead atoms. The molecule has 98 valence electrons. The number of aromatic nitrogens is 2. The number of nitrogens with zero attached hydrogens (tertiary/aromatic N) is 3. The van der Waals surface area contributed by atoms with E-state index in [0.29, 0.717) is 23.8 Å². The molecule has 6 nitrogen and oxygen atoms in total. The molecule has 18 heavy (non-hydrogen) atoms. The first-order valence-electron chi connectivity index (χ1n) is 5.56. The van der Waals surface area contributed by atoms with E-state index >= 15 is 0 Å². The monoisotopic (exact) mass is 267 g/mol. The van der Waals surface area contributed by atoms with Crippen LogP contribution < -0.4 is 16.4 Å².